The van der Waals surface area contributed by atoms with Crippen molar-refractivity contribution in [2.75, 3.05) is 0 Å². The first-order valence-electron chi connectivity index (χ1n) is 3.95. The number of rotatable bonds is 3. The quantitative estimate of drug-likeness (QED) is 0.487. The lowest BCUT2D eigenvalue weighted by Crippen LogP contribution is -2.32. The van der Waals surface area contributed by atoms with Crippen LogP contribution in [0, 0.1) is 0 Å². The molecule has 2 nitrogen and oxygen atoms in total. The van der Waals surface area contributed by atoms with Crippen molar-refractivity contribution in [3.63, 3.8) is 0 Å². The normalized spacial score (nSPS) is 11.1. The summed E-state index contributed by atoms with van der Waals surface area (Å²) in [4.78, 5) is 23.0. The van der Waals surface area contributed by atoms with Crippen molar-refractivity contribution >= 4 is 43.4 Å². The molecular weight excluding hydrogens is 312 g/mol. The van der Waals surface area contributed by atoms with Crippen LogP contribution in [0.2, 0.25) is 0 Å². The van der Waals surface area contributed by atoms with Crippen LogP contribution in [0.25, 0.3) is 0 Å². The summed E-state index contributed by atoms with van der Waals surface area (Å²) in [6, 6.07) is 8.66. The Balaban J connectivity index is 3.03. The Kier molecular flexibility index (Phi) is 3.61. The van der Waals surface area contributed by atoms with Crippen LogP contribution < -0.4 is 0 Å². The largest absolute Gasteiger partial charge is 0.297 e. The Hall–Kier alpha value is -0.480. The van der Waals surface area contributed by atoms with E-state index in [1.165, 1.54) is 6.92 Å². The summed E-state index contributed by atoms with van der Waals surface area (Å²) < 4.78 is -1.29. The van der Waals surface area contributed by atoms with Crippen LogP contribution in [0.5, 0.6) is 0 Å². The van der Waals surface area contributed by atoms with E-state index in [9.17, 15) is 9.59 Å². The van der Waals surface area contributed by atoms with Crippen molar-refractivity contribution in [1.82, 2.24) is 0 Å². The van der Waals surface area contributed by atoms with E-state index in [0.29, 0.717) is 5.56 Å². The highest BCUT2D eigenvalue weighted by molar-refractivity contribution is 9.26. The number of hydrogen-bond acceptors (Lipinski definition) is 2. The van der Waals surface area contributed by atoms with E-state index in [1.807, 2.05) is 6.07 Å². The van der Waals surface area contributed by atoms with Gasteiger partial charge in [0, 0.05) is 5.56 Å². The Bertz CT molecular complexity index is 358. The predicted molar refractivity (Wildman–Crippen MR) is 62.0 cm³/mol. The van der Waals surface area contributed by atoms with Crippen molar-refractivity contribution in [2.45, 2.75) is 10.2 Å². The SMILES string of the molecule is CC(=O)C(Br)(Br)C(=O)c1ccccc1. The molecule has 0 saturated heterocycles. The number of benzene rings is 1. The van der Waals surface area contributed by atoms with Gasteiger partial charge in [0.15, 0.2) is 11.6 Å². The van der Waals surface area contributed by atoms with Gasteiger partial charge in [0.2, 0.25) is 3.23 Å². The lowest BCUT2D eigenvalue weighted by Gasteiger charge is -2.14. The fourth-order valence-corrected chi connectivity index (χ4v) is 1.39. The van der Waals surface area contributed by atoms with Gasteiger partial charge >= 0.3 is 0 Å². The summed E-state index contributed by atoms with van der Waals surface area (Å²) in [5.74, 6) is -0.558. The maximum Gasteiger partial charge on any atom is 0.200 e. The number of ketones is 2. The molecule has 0 saturated carbocycles. The van der Waals surface area contributed by atoms with Crippen LogP contribution in [0.15, 0.2) is 30.3 Å². The van der Waals surface area contributed by atoms with E-state index in [4.69, 9.17) is 0 Å². The van der Waals surface area contributed by atoms with Crippen LogP contribution in [0.3, 0.4) is 0 Å². The van der Waals surface area contributed by atoms with Crippen LogP contribution in [0.1, 0.15) is 17.3 Å². The van der Waals surface area contributed by atoms with E-state index < -0.39 is 3.23 Å². The van der Waals surface area contributed by atoms with E-state index in [0.717, 1.165) is 0 Å². The van der Waals surface area contributed by atoms with Crippen LogP contribution >= 0.6 is 31.9 Å². The molecule has 74 valence electrons. The van der Waals surface area contributed by atoms with Gasteiger partial charge in [0.1, 0.15) is 0 Å². The second-order valence-corrected chi connectivity index (χ2v) is 6.27. The lowest BCUT2D eigenvalue weighted by atomic mass is 10.1. The zero-order valence-corrected chi connectivity index (χ0v) is 10.6. The molecule has 0 unspecified atom stereocenters. The van der Waals surface area contributed by atoms with Gasteiger partial charge < -0.3 is 0 Å². The van der Waals surface area contributed by atoms with Crippen molar-refractivity contribution in [3.8, 4) is 0 Å². The molecule has 0 spiro atoms. The molecular formula is C10H8Br2O2. The fraction of sp³-hybridized carbons (Fsp3) is 0.200. The highest BCUT2D eigenvalue weighted by atomic mass is 79.9. The van der Waals surface area contributed by atoms with Gasteiger partial charge in [0.05, 0.1) is 0 Å². The summed E-state index contributed by atoms with van der Waals surface area (Å²) in [7, 11) is 0. The molecule has 4 heteroatoms. The first-order valence-corrected chi connectivity index (χ1v) is 5.53. The second-order valence-electron chi connectivity index (χ2n) is 2.83. The average molecular weight is 320 g/mol. The number of hydrogen-bond donors (Lipinski definition) is 0. The topological polar surface area (TPSA) is 34.1 Å². The molecule has 1 aromatic carbocycles. The minimum atomic E-state index is -1.29. The number of Topliss-reactive ketones (excluding diaryl/α,β-unsaturated/α-hetero) is 2. The van der Waals surface area contributed by atoms with Crippen molar-refractivity contribution in [1.29, 1.82) is 0 Å². The second kappa shape index (κ2) is 4.36. The summed E-state index contributed by atoms with van der Waals surface area (Å²) >= 11 is 6.13. The molecule has 0 fully saturated rings. The van der Waals surface area contributed by atoms with Crippen LogP contribution in [0.4, 0.5) is 0 Å². The third-order valence-electron chi connectivity index (χ3n) is 1.76. The van der Waals surface area contributed by atoms with Crippen LogP contribution in [-0.2, 0) is 4.79 Å². The van der Waals surface area contributed by atoms with Crippen LogP contribution in [-0.4, -0.2) is 14.8 Å². The van der Waals surface area contributed by atoms with Gasteiger partial charge in [-0.05, 0) is 6.92 Å². The monoisotopic (exact) mass is 318 g/mol. The summed E-state index contributed by atoms with van der Waals surface area (Å²) in [5, 5.41) is 0. The standard InChI is InChI=1S/C10H8Br2O2/c1-7(13)10(11,12)9(14)8-5-3-2-4-6-8/h2-6H,1H3. The number of carbonyl (C=O) groups excluding carboxylic acids is 2. The van der Waals surface area contributed by atoms with Gasteiger partial charge in [-0.15, -0.1) is 0 Å². The van der Waals surface area contributed by atoms with E-state index in [-0.39, 0.29) is 11.6 Å². The molecule has 14 heavy (non-hydrogen) atoms. The van der Waals surface area contributed by atoms with Crippen molar-refractivity contribution in [2.24, 2.45) is 0 Å². The molecule has 0 bridgehead atoms. The number of carbonyl (C=O) groups is 2. The highest BCUT2D eigenvalue weighted by Crippen LogP contribution is 2.31. The zero-order valence-electron chi connectivity index (χ0n) is 7.46. The van der Waals surface area contributed by atoms with Gasteiger partial charge in [0.25, 0.3) is 0 Å². The van der Waals surface area contributed by atoms with E-state index in [1.54, 1.807) is 24.3 Å². The number of halogens is 2. The smallest absolute Gasteiger partial charge is 0.200 e. The first kappa shape index (κ1) is 11.6. The Labute approximate surface area is 98.9 Å². The zero-order chi connectivity index (χ0) is 10.8. The molecule has 0 radical (unpaired) electrons. The molecule has 0 aliphatic carbocycles. The van der Waals surface area contributed by atoms with Crippen molar-refractivity contribution in [3.05, 3.63) is 35.9 Å². The number of alkyl halides is 2. The highest BCUT2D eigenvalue weighted by Gasteiger charge is 2.37. The summed E-state index contributed by atoms with van der Waals surface area (Å²) in [6.45, 7) is 1.35. The Morgan fingerprint density at radius 3 is 2.07 bits per heavy atom. The first-order chi connectivity index (χ1) is 6.46. The van der Waals surface area contributed by atoms with Gasteiger partial charge in [-0.2, -0.15) is 0 Å². The molecule has 0 aliphatic rings. The van der Waals surface area contributed by atoms with Gasteiger partial charge in [-0.1, -0.05) is 62.2 Å². The van der Waals surface area contributed by atoms with Crippen molar-refractivity contribution < 1.29 is 9.59 Å². The van der Waals surface area contributed by atoms with E-state index in [2.05, 4.69) is 31.9 Å². The Morgan fingerprint density at radius 1 is 1.14 bits per heavy atom. The van der Waals surface area contributed by atoms with Gasteiger partial charge in [-0.25, -0.2) is 0 Å². The fourth-order valence-electron chi connectivity index (χ4n) is 0.931. The lowest BCUT2D eigenvalue weighted by molar-refractivity contribution is -0.116. The minimum absolute atomic E-state index is 0.272. The third kappa shape index (κ3) is 2.30. The molecule has 0 heterocycles. The van der Waals surface area contributed by atoms with E-state index >= 15 is 0 Å². The Morgan fingerprint density at radius 2 is 1.64 bits per heavy atom. The predicted octanol–water partition coefficient (Wildman–Crippen LogP) is 2.94. The average Bonchev–Trinajstić information content (AvgIpc) is 2.17. The minimum Gasteiger partial charge on any atom is -0.297 e. The maximum absolute atomic E-state index is 11.8. The molecule has 1 aromatic rings. The van der Waals surface area contributed by atoms with Gasteiger partial charge in [-0.3, -0.25) is 9.59 Å². The summed E-state index contributed by atoms with van der Waals surface area (Å²) in [6.07, 6.45) is 0. The summed E-state index contributed by atoms with van der Waals surface area (Å²) in [5.41, 5.74) is 0.497. The molecule has 0 amide bonds. The third-order valence-corrected chi connectivity index (χ3v) is 3.60. The molecule has 0 atom stereocenters. The maximum atomic E-state index is 11.8. The molecule has 0 aromatic heterocycles. The molecule has 1 rings (SSSR count). The molecule has 0 N–H and O–H groups in total. The molecule has 0 aliphatic heterocycles.